The van der Waals surface area contributed by atoms with E-state index >= 15 is 0 Å². The van der Waals surface area contributed by atoms with Gasteiger partial charge in [0.2, 0.25) is 0 Å². The van der Waals surface area contributed by atoms with Gasteiger partial charge in [-0.05, 0) is 50.0 Å². The molecule has 0 aliphatic heterocycles. The highest BCUT2D eigenvalue weighted by Gasteiger charge is 2.21. The van der Waals surface area contributed by atoms with E-state index < -0.39 is 0 Å². The molecule has 1 nitrogen and oxygen atoms in total. The zero-order valence-corrected chi connectivity index (χ0v) is 11.2. The molecule has 16 heavy (non-hydrogen) atoms. The monoisotopic (exact) mass is 223 g/mol. The summed E-state index contributed by atoms with van der Waals surface area (Å²) in [6.07, 6.45) is 11.6. The molecular formula is C15H29N. The number of hydrogen-bond acceptors (Lipinski definition) is 1. The topological polar surface area (TPSA) is 12.0 Å². The summed E-state index contributed by atoms with van der Waals surface area (Å²) in [4.78, 5) is 0. The smallest absolute Gasteiger partial charge is 0.00697 e. The molecule has 2 unspecified atom stereocenters. The van der Waals surface area contributed by atoms with Gasteiger partial charge in [0.15, 0.2) is 0 Å². The van der Waals surface area contributed by atoms with Crippen LogP contribution in [0.3, 0.4) is 0 Å². The van der Waals surface area contributed by atoms with Crippen molar-refractivity contribution in [1.29, 1.82) is 0 Å². The Balaban J connectivity index is 1.54. The van der Waals surface area contributed by atoms with Crippen molar-refractivity contribution in [3.63, 3.8) is 0 Å². The predicted octanol–water partition coefficient (Wildman–Crippen LogP) is 3.98. The largest absolute Gasteiger partial charge is 0.314 e. The van der Waals surface area contributed by atoms with Crippen LogP contribution in [-0.2, 0) is 0 Å². The summed E-state index contributed by atoms with van der Waals surface area (Å²) < 4.78 is 0. The molecule has 2 aliphatic carbocycles. The van der Waals surface area contributed by atoms with E-state index in [1.807, 2.05) is 0 Å². The van der Waals surface area contributed by atoms with Crippen molar-refractivity contribution >= 4 is 0 Å². The van der Waals surface area contributed by atoms with Crippen LogP contribution >= 0.6 is 0 Å². The van der Waals surface area contributed by atoms with Gasteiger partial charge >= 0.3 is 0 Å². The molecule has 0 aromatic heterocycles. The van der Waals surface area contributed by atoms with Crippen molar-refractivity contribution < 1.29 is 0 Å². The van der Waals surface area contributed by atoms with Crippen LogP contribution in [0.1, 0.15) is 65.2 Å². The molecule has 0 heterocycles. The van der Waals surface area contributed by atoms with Gasteiger partial charge < -0.3 is 5.32 Å². The fourth-order valence-electron chi connectivity index (χ4n) is 3.50. The summed E-state index contributed by atoms with van der Waals surface area (Å²) in [5.74, 6) is 3.00. The first-order chi connectivity index (χ1) is 7.74. The average Bonchev–Trinajstić information content (AvgIpc) is 2.67. The third-order valence-corrected chi connectivity index (χ3v) is 4.82. The highest BCUT2D eigenvalue weighted by molar-refractivity contribution is 4.79. The quantitative estimate of drug-likeness (QED) is 0.760. The molecule has 0 aromatic carbocycles. The maximum atomic E-state index is 3.77. The van der Waals surface area contributed by atoms with Crippen molar-refractivity contribution in [3.8, 4) is 0 Å². The Kier molecular flexibility index (Phi) is 4.69. The molecule has 0 aromatic rings. The minimum atomic E-state index is 0.845. The Morgan fingerprint density at radius 2 is 1.56 bits per heavy atom. The number of hydrogen-bond donors (Lipinski definition) is 1. The van der Waals surface area contributed by atoms with Crippen molar-refractivity contribution in [2.24, 2.45) is 17.8 Å². The first-order valence-electron chi connectivity index (χ1n) is 7.47. The van der Waals surface area contributed by atoms with Crippen LogP contribution in [0.5, 0.6) is 0 Å². The van der Waals surface area contributed by atoms with E-state index in [4.69, 9.17) is 0 Å². The first kappa shape index (κ1) is 12.4. The fourth-order valence-corrected chi connectivity index (χ4v) is 3.50. The van der Waals surface area contributed by atoms with E-state index in [9.17, 15) is 0 Å². The summed E-state index contributed by atoms with van der Waals surface area (Å²) in [6, 6.07) is 0.845. The molecule has 2 saturated carbocycles. The van der Waals surface area contributed by atoms with Crippen LogP contribution in [0.25, 0.3) is 0 Å². The molecule has 0 saturated heterocycles. The predicted molar refractivity (Wildman–Crippen MR) is 70.5 cm³/mol. The van der Waals surface area contributed by atoms with Gasteiger partial charge in [0.05, 0.1) is 0 Å². The zero-order chi connectivity index (χ0) is 11.4. The van der Waals surface area contributed by atoms with Gasteiger partial charge in [0, 0.05) is 6.04 Å². The minimum Gasteiger partial charge on any atom is -0.314 e. The van der Waals surface area contributed by atoms with Gasteiger partial charge in [-0.15, -0.1) is 0 Å². The third-order valence-electron chi connectivity index (χ3n) is 4.82. The SMILES string of the molecule is CC1CCC(CCNC2CCC(C)C2)CC1. The molecular weight excluding hydrogens is 194 g/mol. The lowest BCUT2D eigenvalue weighted by atomic mass is 9.81. The summed E-state index contributed by atoms with van der Waals surface area (Å²) >= 11 is 0. The molecule has 1 N–H and O–H groups in total. The van der Waals surface area contributed by atoms with Crippen LogP contribution in [0.4, 0.5) is 0 Å². The van der Waals surface area contributed by atoms with E-state index in [1.54, 1.807) is 0 Å². The first-order valence-corrected chi connectivity index (χ1v) is 7.47. The van der Waals surface area contributed by atoms with Crippen LogP contribution < -0.4 is 5.32 Å². The van der Waals surface area contributed by atoms with Gasteiger partial charge in [-0.1, -0.05) is 39.5 Å². The highest BCUT2D eigenvalue weighted by Crippen LogP contribution is 2.30. The lowest BCUT2D eigenvalue weighted by Crippen LogP contribution is -2.29. The van der Waals surface area contributed by atoms with Gasteiger partial charge in [0.25, 0.3) is 0 Å². The maximum Gasteiger partial charge on any atom is 0.00697 e. The lowest BCUT2D eigenvalue weighted by molar-refractivity contribution is 0.272. The Hall–Kier alpha value is -0.0400. The van der Waals surface area contributed by atoms with Gasteiger partial charge in [-0.25, -0.2) is 0 Å². The molecule has 94 valence electrons. The fraction of sp³-hybridized carbons (Fsp3) is 1.00. The van der Waals surface area contributed by atoms with Crippen molar-refractivity contribution in [2.75, 3.05) is 6.54 Å². The molecule has 0 amide bonds. The Morgan fingerprint density at radius 3 is 2.19 bits per heavy atom. The summed E-state index contributed by atoms with van der Waals surface area (Å²) in [5, 5.41) is 3.77. The normalized spacial score (nSPS) is 40.1. The summed E-state index contributed by atoms with van der Waals surface area (Å²) in [6.45, 7) is 6.08. The second kappa shape index (κ2) is 6.05. The van der Waals surface area contributed by atoms with E-state index in [1.165, 1.54) is 57.9 Å². The van der Waals surface area contributed by atoms with Crippen LogP contribution in [0, 0.1) is 17.8 Å². The number of nitrogens with one attached hydrogen (secondary N) is 1. The zero-order valence-electron chi connectivity index (χ0n) is 11.2. The standard InChI is InChI=1S/C15H29N/c1-12-3-6-14(7-4-12)9-10-16-15-8-5-13(2)11-15/h12-16H,3-11H2,1-2H3. The van der Waals surface area contributed by atoms with E-state index in [0.717, 1.165) is 23.8 Å². The van der Waals surface area contributed by atoms with E-state index in [-0.39, 0.29) is 0 Å². The molecule has 0 radical (unpaired) electrons. The van der Waals surface area contributed by atoms with Gasteiger partial charge in [-0.3, -0.25) is 0 Å². The van der Waals surface area contributed by atoms with E-state index in [0.29, 0.717) is 0 Å². The van der Waals surface area contributed by atoms with Gasteiger partial charge in [-0.2, -0.15) is 0 Å². The van der Waals surface area contributed by atoms with Crippen LogP contribution in [0.15, 0.2) is 0 Å². The Labute approximate surface area is 101 Å². The molecule has 2 aliphatic rings. The molecule has 0 bridgehead atoms. The Morgan fingerprint density at radius 1 is 0.875 bits per heavy atom. The van der Waals surface area contributed by atoms with E-state index in [2.05, 4.69) is 19.2 Å². The highest BCUT2D eigenvalue weighted by atomic mass is 14.9. The van der Waals surface area contributed by atoms with Crippen molar-refractivity contribution in [3.05, 3.63) is 0 Å². The second-order valence-corrected chi connectivity index (χ2v) is 6.48. The molecule has 2 atom stereocenters. The second-order valence-electron chi connectivity index (χ2n) is 6.48. The van der Waals surface area contributed by atoms with Gasteiger partial charge in [0.1, 0.15) is 0 Å². The Bertz CT molecular complexity index is 194. The molecule has 2 rings (SSSR count). The summed E-state index contributed by atoms with van der Waals surface area (Å²) in [7, 11) is 0. The van der Waals surface area contributed by atoms with Crippen LogP contribution in [0.2, 0.25) is 0 Å². The average molecular weight is 223 g/mol. The maximum absolute atomic E-state index is 3.77. The van der Waals surface area contributed by atoms with Crippen LogP contribution in [-0.4, -0.2) is 12.6 Å². The lowest BCUT2D eigenvalue weighted by Gasteiger charge is -2.26. The molecule has 0 spiro atoms. The molecule has 1 heteroatoms. The molecule has 2 fully saturated rings. The van der Waals surface area contributed by atoms with Crippen molar-refractivity contribution in [1.82, 2.24) is 5.32 Å². The third kappa shape index (κ3) is 3.76. The number of rotatable bonds is 4. The minimum absolute atomic E-state index is 0.845. The summed E-state index contributed by atoms with van der Waals surface area (Å²) in [5.41, 5.74) is 0. The van der Waals surface area contributed by atoms with Crippen molar-refractivity contribution in [2.45, 2.75) is 71.3 Å².